The SMILES string of the molecule is CC(=O)OC[C@H]1OC=C[C@@H](O)[C@@H]1OCc1ccccc1. The number of rotatable bonds is 5. The summed E-state index contributed by atoms with van der Waals surface area (Å²) in [6.45, 7) is 1.74. The molecular formula is C15H18O5. The van der Waals surface area contributed by atoms with Gasteiger partial charge in [0, 0.05) is 6.92 Å². The van der Waals surface area contributed by atoms with E-state index >= 15 is 0 Å². The maximum absolute atomic E-state index is 10.9. The third-order valence-electron chi connectivity index (χ3n) is 2.97. The molecule has 1 aliphatic rings. The van der Waals surface area contributed by atoms with Crippen molar-refractivity contribution in [1.29, 1.82) is 0 Å². The predicted octanol–water partition coefficient (Wildman–Crippen LogP) is 1.41. The Hall–Kier alpha value is -1.85. The fraction of sp³-hybridized carbons (Fsp3) is 0.400. The van der Waals surface area contributed by atoms with Gasteiger partial charge in [0.25, 0.3) is 0 Å². The monoisotopic (exact) mass is 278 g/mol. The van der Waals surface area contributed by atoms with Crippen LogP contribution in [0.4, 0.5) is 0 Å². The molecule has 1 aromatic rings. The van der Waals surface area contributed by atoms with E-state index in [9.17, 15) is 9.90 Å². The molecule has 0 amide bonds. The van der Waals surface area contributed by atoms with Gasteiger partial charge in [0.15, 0.2) is 6.10 Å². The van der Waals surface area contributed by atoms with Gasteiger partial charge in [0.05, 0.1) is 12.9 Å². The number of esters is 1. The summed E-state index contributed by atoms with van der Waals surface area (Å²) in [7, 11) is 0. The molecule has 108 valence electrons. The first kappa shape index (κ1) is 14.6. The first-order chi connectivity index (χ1) is 9.66. The average Bonchev–Trinajstić information content (AvgIpc) is 2.45. The molecule has 2 rings (SSSR count). The van der Waals surface area contributed by atoms with E-state index in [1.807, 2.05) is 30.3 Å². The summed E-state index contributed by atoms with van der Waals surface area (Å²) < 4.78 is 16.0. The molecule has 1 aromatic carbocycles. The number of aliphatic hydroxyl groups excluding tert-OH is 1. The molecule has 0 saturated carbocycles. The van der Waals surface area contributed by atoms with Gasteiger partial charge in [0.2, 0.25) is 0 Å². The molecule has 1 heterocycles. The molecule has 0 aliphatic carbocycles. The second kappa shape index (κ2) is 7.07. The molecule has 1 N–H and O–H groups in total. The van der Waals surface area contributed by atoms with Crippen LogP contribution < -0.4 is 0 Å². The predicted molar refractivity (Wildman–Crippen MR) is 71.7 cm³/mol. The largest absolute Gasteiger partial charge is 0.492 e. The van der Waals surface area contributed by atoms with Crippen molar-refractivity contribution in [1.82, 2.24) is 0 Å². The minimum atomic E-state index is -0.784. The minimum Gasteiger partial charge on any atom is -0.492 e. The molecular weight excluding hydrogens is 260 g/mol. The quantitative estimate of drug-likeness (QED) is 0.825. The molecule has 5 nitrogen and oxygen atoms in total. The first-order valence-electron chi connectivity index (χ1n) is 6.46. The third kappa shape index (κ3) is 4.08. The third-order valence-corrected chi connectivity index (χ3v) is 2.97. The summed E-state index contributed by atoms with van der Waals surface area (Å²) in [4.78, 5) is 10.9. The Labute approximate surface area is 117 Å². The molecule has 0 radical (unpaired) electrons. The Bertz CT molecular complexity index is 457. The standard InChI is InChI=1S/C15H18O5/c1-11(16)19-10-14-15(13(17)7-8-18-14)20-9-12-5-3-2-4-6-12/h2-8,13-15,17H,9-10H2,1H3/t13-,14-,15+/m1/s1. The summed E-state index contributed by atoms with van der Waals surface area (Å²) in [6.07, 6.45) is 1.05. The van der Waals surface area contributed by atoms with Crippen molar-refractivity contribution in [2.75, 3.05) is 6.61 Å². The number of benzene rings is 1. The first-order valence-corrected chi connectivity index (χ1v) is 6.46. The highest BCUT2D eigenvalue weighted by atomic mass is 16.6. The molecule has 0 saturated heterocycles. The lowest BCUT2D eigenvalue weighted by atomic mass is 10.1. The number of ether oxygens (including phenoxy) is 3. The van der Waals surface area contributed by atoms with E-state index in [0.29, 0.717) is 6.61 Å². The zero-order valence-electron chi connectivity index (χ0n) is 11.3. The summed E-state index contributed by atoms with van der Waals surface area (Å²) in [5.41, 5.74) is 1.00. The van der Waals surface area contributed by atoms with Gasteiger partial charge in [0.1, 0.15) is 18.8 Å². The van der Waals surface area contributed by atoms with Gasteiger partial charge < -0.3 is 19.3 Å². The van der Waals surface area contributed by atoms with Gasteiger partial charge in [-0.25, -0.2) is 0 Å². The van der Waals surface area contributed by atoms with Crippen LogP contribution in [0, 0.1) is 0 Å². The number of hydrogen-bond acceptors (Lipinski definition) is 5. The van der Waals surface area contributed by atoms with Gasteiger partial charge in [-0.3, -0.25) is 4.79 Å². The number of hydrogen-bond donors (Lipinski definition) is 1. The Morgan fingerprint density at radius 3 is 2.80 bits per heavy atom. The molecule has 3 atom stereocenters. The molecule has 5 heteroatoms. The summed E-state index contributed by atoms with van der Waals surface area (Å²) in [6, 6.07) is 9.64. The van der Waals surface area contributed by atoms with Crippen molar-refractivity contribution in [3.8, 4) is 0 Å². The molecule has 0 spiro atoms. The fourth-order valence-electron chi connectivity index (χ4n) is 1.94. The van der Waals surface area contributed by atoms with Crippen LogP contribution in [0.15, 0.2) is 42.7 Å². The van der Waals surface area contributed by atoms with E-state index in [-0.39, 0.29) is 12.6 Å². The van der Waals surface area contributed by atoms with E-state index in [1.54, 1.807) is 0 Å². The highest BCUT2D eigenvalue weighted by Gasteiger charge is 2.32. The van der Waals surface area contributed by atoms with Gasteiger partial charge in [-0.15, -0.1) is 0 Å². The highest BCUT2D eigenvalue weighted by Crippen LogP contribution is 2.18. The van der Waals surface area contributed by atoms with E-state index in [4.69, 9.17) is 14.2 Å². The van der Waals surface area contributed by atoms with Crippen molar-refractivity contribution >= 4 is 5.97 Å². The van der Waals surface area contributed by atoms with E-state index in [0.717, 1.165) is 5.56 Å². The topological polar surface area (TPSA) is 65.0 Å². The fourth-order valence-corrected chi connectivity index (χ4v) is 1.94. The van der Waals surface area contributed by atoms with Crippen molar-refractivity contribution in [2.45, 2.75) is 31.8 Å². The lowest BCUT2D eigenvalue weighted by Gasteiger charge is -2.31. The number of carbonyl (C=O) groups excluding carboxylic acids is 1. The Kier molecular flexibility index (Phi) is 5.15. The summed E-state index contributed by atoms with van der Waals surface area (Å²) in [5.74, 6) is -0.389. The molecule has 20 heavy (non-hydrogen) atoms. The van der Waals surface area contributed by atoms with Crippen LogP contribution in [-0.4, -0.2) is 36.0 Å². The van der Waals surface area contributed by atoms with Gasteiger partial charge >= 0.3 is 5.97 Å². The lowest BCUT2D eigenvalue weighted by molar-refractivity contribution is -0.155. The second-order valence-corrected chi connectivity index (χ2v) is 4.56. The van der Waals surface area contributed by atoms with Crippen LogP contribution in [-0.2, 0) is 25.6 Å². The van der Waals surface area contributed by atoms with E-state index in [2.05, 4.69) is 0 Å². The van der Waals surface area contributed by atoms with Crippen molar-refractivity contribution in [3.05, 3.63) is 48.2 Å². The summed E-state index contributed by atoms with van der Waals surface area (Å²) in [5, 5.41) is 9.95. The van der Waals surface area contributed by atoms with Crippen LogP contribution in [0.1, 0.15) is 12.5 Å². The molecule has 1 aliphatic heterocycles. The average molecular weight is 278 g/mol. The van der Waals surface area contributed by atoms with Crippen LogP contribution >= 0.6 is 0 Å². The van der Waals surface area contributed by atoms with Crippen molar-refractivity contribution in [3.63, 3.8) is 0 Å². The summed E-state index contributed by atoms with van der Waals surface area (Å²) >= 11 is 0. The van der Waals surface area contributed by atoms with Crippen molar-refractivity contribution in [2.24, 2.45) is 0 Å². The van der Waals surface area contributed by atoms with Crippen LogP contribution in [0.5, 0.6) is 0 Å². The lowest BCUT2D eigenvalue weighted by Crippen LogP contribution is -2.44. The second-order valence-electron chi connectivity index (χ2n) is 4.56. The van der Waals surface area contributed by atoms with Crippen LogP contribution in [0.25, 0.3) is 0 Å². The maximum Gasteiger partial charge on any atom is 0.302 e. The van der Waals surface area contributed by atoms with Crippen LogP contribution in [0.2, 0.25) is 0 Å². The molecule has 0 unspecified atom stereocenters. The molecule has 0 aromatic heterocycles. The van der Waals surface area contributed by atoms with Crippen molar-refractivity contribution < 1.29 is 24.1 Å². The Morgan fingerprint density at radius 2 is 2.10 bits per heavy atom. The smallest absolute Gasteiger partial charge is 0.302 e. The zero-order valence-corrected chi connectivity index (χ0v) is 11.3. The molecule has 0 bridgehead atoms. The van der Waals surface area contributed by atoms with Gasteiger partial charge in [-0.2, -0.15) is 0 Å². The van der Waals surface area contributed by atoms with Crippen LogP contribution in [0.3, 0.4) is 0 Å². The minimum absolute atomic E-state index is 0.0518. The number of aliphatic hydroxyl groups is 1. The molecule has 0 fully saturated rings. The Balaban J connectivity index is 1.94. The maximum atomic E-state index is 10.9. The highest BCUT2D eigenvalue weighted by molar-refractivity contribution is 5.65. The Morgan fingerprint density at radius 1 is 1.35 bits per heavy atom. The normalized spacial score (nSPS) is 25.0. The van der Waals surface area contributed by atoms with E-state index in [1.165, 1.54) is 19.3 Å². The van der Waals surface area contributed by atoms with Gasteiger partial charge in [-0.05, 0) is 11.6 Å². The zero-order chi connectivity index (χ0) is 14.4. The van der Waals surface area contributed by atoms with E-state index < -0.39 is 18.3 Å². The van der Waals surface area contributed by atoms with Gasteiger partial charge in [-0.1, -0.05) is 30.3 Å². The number of carbonyl (C=O) groups is 1.